The van der Waals surface area contributed by atoms with E-state index in [0.717, 1.165) is 37.8 Å². The number of likely N-dealkylation sites (N-methyl/N-ethyl adjacent to an activating group) is 1. The maximum absolute atomic E-state index is 16.4. The Labute approximate surface area is 245 Å². The van der Waals surface area contributed by atoms with Gasteiger partial charge in [0.2, 0.25) is 0 Å². The van der Waals surface area contributed by atoms with Gasteiger partial charge in [0, 0.05) is 41.8 Å². The fourth-order valence-electron chi connectivity index (χ4n) is 7.02. The summed E-state index contributed by atoms with van der Waals surface area (Å²) in [5.41, 5.74) is 1.47. The van der Waals surface area contributed by atoms with Crippen molar-refractivity contribution in [3.8, 4) is 17.3 Å². The van der Waals surface area contributed by atoms with Crippen LogP contribution >= 0.6 is 11.6 Å². The quantitative estimate of drug-likeness (QED) is 0.310. The monoisotopic (exact) mass is 584 g/mol. The number of pyridine rings is 1. The third kappa shape index (κ3) is 5.04. The zero-order valence-corrected chi connectivity index (χ0v) is 25.1. The first-order chi connectivity index (χ1) is 19.6. The lowest BCUT2D eigenvalue weighted by Crippen LogP contribution is -2.54. The number of hydrogen-bond donors (Lipinski definition) is 1. The molecule has 4 heterocycles. The second kappa shape index (κ2) is 10.9. The van der Waals surface area contributed by atoms with Crippen LogP contribution in [-0.2, 0) is 0 Å². The fraction of sp³-hybridized carbons (Fsp3) is 0.581. The highest BCUT2D eigenvalue weighted by atomic mass is 35.5. The summed E-state index contributed by atoms with van der Waals surface area (Å²) in [5, 5.41) is 4.55. The summed E-state index contributed by atoms with van der Waals surface area (Å²) in [5.74, 6) is 0.0151. The Morgan fingerprint density at radius 1 is 1.20 bits per heavy atom. The van der Waals surface area contributed by atoms with Gasteiger partial charge in [0.15, 0.2) is 5.82 Å². The molecular formula is C31H39ClF2N6O. The molecule has 0 bridgehead atoms. The molecule has 1 aromatic carbocycles. The van der Waals surface area contributed by atoms with Crippen LogP contribution in [-0.4, -0.2) is 82.3 Å². The van der Waals surface area contributed by atoms with Crippen LogP contribution in [0.1, 0.15) is 63.9 Å². The van der Waals surface area contributed by atoms with Crippen LogP contribution in [0.5, 0.6) is 6.01 Å². The Kier molecular flexibility index (Phi) is 7.57. The van der Waals surface area contributed by atoms with E-state index in [9.17, 15) is 4.39 Å². The van der Waals surface area contributed by atoms with Crippen LogP contribution in [0.2, 0.25) is 5.02 Å². The lowest BCUT2D eigenvalue weighted by molar-refractivity contribution is 0.0738. The van der Waals surface area contributed by atoms with E-state index in [2.05, 4.69) is 39.2 Å². The standard InChI is InChI=1S/C31H39ClF2N6O/c1-19(2)24-21(8-5-9-23(24)32)26-25(34)27-22(15-35-26)28(36-17-30(39(3)4)10-6-11-30)38-29(37-27)41-18-31-12-7-13-40(31)16-20(33)14-31/h5,8-9,15,19-20H,6-7,10-14,16-18H2,1-4H3,(H,36,37,38)/t20-,31+/m1/s1. The van der Waals surface area contributed by atoms with Crippen LogP contribution in [0.15, 0.2) is 24.4 Å². The third-order valence-corrected chi connectivity index (χ3v) is 9.93. The molecule has 3 aromatic rings. The topological polar surface area (TPSA) is 66.4 Å². The molecule has 0 spiro atoms. The molecule has 3 fully saturated rings. The number of halogens is 3. The Morgan fingerprint density at radius 3 is 2.71 bits per heavy atom. The molecule has 6 rings (SSSR count). The van der Waals surface area contributed by atoms with Gasteiger partial charge in [0.1, 0.15) is 29.8 Å². The highest BCUT2D eigenvalue weighted by Gasteiger charge is 2.49. The van der Waals surface area contributed by atoms with E-state index in [1.807, 2.05) is 32.0 Å². The van der Waals surface area contributed by atoms with Crippen LogP contribution in [0, 0.1) is 5.82 Å². The average molecular weight is 585 g/mol. The highest BCUT2D eigenvalue weighted by molar-refractivity contribution is 6.31. The Bertz CT molecular complexity index is 1450. The minimum absolute atomic E-state index is 0.0143. The molecule has 0 amide bonds. The number of hydrogen-bond acceptors (Lipinski definition) is 7. The van der Waals surface area contributed by atoms with Crippen LogP contribution in [0.4, 0.5) is 14.6 Å². The molecule has 1 saturated carbocycles. The predicted octanol–water partition coefficient (Wildman–Crippen LogP) is 6.46. The largest absolute Gasteiger partial charge is 0.461 e. The van der Waals surface area contributed by atoms with Gasteiger partial charge >= 0.3 is 6.01 Å². The van der Waals surface area contributed by atoms with E-state index in [-0.39, 0.29) is 40.8 Å². The van der Waals surface area contributed by atoms with Gasteiger partial charge in [-0.1, -0.05) is 37.6 Å². The molecule has 7 nitrogen and oxygen atoms in total. The van der Waals surface area contributed by atoms with Crippen LogP contribution < -0.4 is 10.1 Å². The second-order valence-electron chi connectivity index (χ2n) is 12.6. The van der Waals surface area contributed by atoms with Crippen molar-refractivity contribution in [2.45, 2.75) is 75.5 Å². The first kappa shape index (κ1) is 28.5. The molecule has 1 aliphatic carbocycles. The van der Waals surface area contributed by atoms with Crippen molar-refractivity contribution in [2.24, 2.45) is 0 Å². The minimum atomic E-state index is -0.864. The van der Waals surface area contributed by atoms with E-state index in [1.54, 1.807) is 6.20 Å². The molecule has 1 N–H and O–H groups in total. The van der Waals surface area contributed by atoms with Gasteiger partial charge in [-0.3, -0.25) is 9.88 Å². The maximum atomic E-state index is 16.4. The van der Waals surface area contributed by atoms with Crippen molar-refractivity contribution >= 4 is 28.3 Å². The summed E-state index contributed by atoms with van der Waals surface area (Å²) >= 11 is 6.54. The molecule has 2 aromatic heterocycles. The Hall–Kier alpha value is -2.62. The molecule has 2 saturated heterocycles. The minimum Gasteiger partial charge on any atom is -0.461 e. The SMILES string of the molecule is CC(C)c1c(Cl)cccc1-c1ncc2c(NCC3(N(C)C)CCC3)nc(OC[C@@]34CCCN3C[C@H](F)C4)nc2c1F. The Morgan fingerprint density at radius 2 is 2.00 bits per heavy atom. The predicted molar refractivity (Wildman–Crippen MR) is 159 cm³/mol. The molecule has 2 aliphatic heterocycles. The number of ether oxygens (including phenoxy) is 1. The molecular weight excluding hydrogens is 546 g/mol. The molecule has 0 radical (unpaired) electrons. The lowest BCUT2D eigenvalue weighted by Gasteiger charge is -2.47. The number of aromatic nitrogens is 3. The van der Waals surface area contributed by atoms with E-state index in [0.29, 0.717) is 41.3 Å². The average Bonchev–Trinajstić information content (AvgIpc) is 3.42. The van der Waals surface area contributed by atoms with Gasteiger partial charge in [-0.2, -0.15) is 9.97 Å². The molecule has 0 unspecified atom stereocenters. The third-order valence-electron chi connectivity index (χ3n) is 9.60. The van der Waals surface area contributed by atoms with E-state index < -0.39 is 12.0 Å². The van der Waals surface area contributed by atoms with Crippen LogP contribution in [0.25, 0.3) is 22.2 Å². The van der Waals surface area contributed by atoms with Crippen molar-refractivity contribution in [1.82, 2.24) is 24.8 Å². The van der Waals surface area contributed by atoms with E-state index in [4.69, 9.17) is 21.3 Å². The summed E-state index contributed by atoms with van der Waals surface area (Å²) in [7, 11) is 4.18. The molecule has 2 atom stereocenters. The Balaban J connectivity index is 1.40. The summed E-state index contributed by atoms with van der Waals surface area (Å²) in [4.78, 5) is 18.3. The fourth-order valence-corrected chi connectivity index (χ4v) is 7.41. The zero-order valence-electron chi connectivity index (χ0n) is 24.3. The van der Waals surface area contributed by atoms with E-state index >= 15 is 4.39 Å². The van der Waals surface area contributed by atoms with Crippen molar-refractivity contribution in [1.29, 1.82) is 0 Å². The van der Waals surface area contributed by atoms with Crippen molar-refractivity contribution < 1.29 is 13.5 Å². The first-order valence-electron chi connectivity index (χ1n) is 14.7. The van der Waals surface area contributed by atoms with E-state index in [1.165, 1.54) is 6.42 Å². The van der Waals surface area contributed by atoms with Crippen molar-refractivity contribution in [3.05, 3.63) is 40.8 Å². The van der Waals surface area contributed by atoms with Gasteiger partial charge in [-0.25, -0.2) is 8.78 Å². The summed E-state index contributed by atoms with van der Waals surface area (Å²) in [6.07, 6.45) is 6.41. The number of alkyl halides is 1. The maximum Gasteiger partial charge on any atom is 0.319 e. The van der Waals surface area contributed by atoms with Gasteiger partial charge in [-0.15, -0.1) is 0 Å². The summed E-state index contributed by atoms with van der Waals surface area (Å²) in [6.45, 7) is 6.27. The number of anilines is 1. The van der Waals surface area contributed by atoms with Crippen molar-refractivity contribution in [2.75, 3.05) is 45.7 Å². The van der Waals surface area contributed by atoms with Gasteiger partial charge < -0.3 is 15.0 Å². The number of nitrogens with one attached hydrogen (secondary N) is 1. The van der Waals surface area contributed by atoms with Crippen molar-refractivity contribution in [3.63, 3.8) is 0 Å². The normalized spacial score (nSPS) is 23.8. The zero-order chi connectivity index (χ0) is 28.9. The van der Waals surface area contributed by atoms with Gasteiger partial charge in [0.05, 0.1) is 10.9 Å². The number of fused-ring (bicyclic) bond motifs is 2. The number of benzene rings is 1. The van der Waals surface area contributed by atoms with Crippen LogP contribution in [0.3, 0.4) is 0 Å². The first-order valence-corrected chi connectivity index (χ1v) is 15.1. The smallest absolute Gasteiger partial charge is 0.319 e. The van der Waals surface area contributed by atoms with Gasteiger partial charge in [0.25, 0.3) is 0 Å². The summed E-state index contributed by atoms with van der Waals surface area (Å²) < 4.78 is 37.0. The number of nitrogens with zero attached hydrogens (tertiary/aromatic N) is 5. The summed E-state index contributed by atoms with van der Waals surface area (Å²) in [6, 6.07) is 5.55. The van der Waals surface area contributed by atoms with Gasteiger partial charge in [-0.05, 0) is 70.3 Å². The number of rotatable bonds is 9. The molecule has 41 heavy (non-hydrogen) atoms. The lowest BCUT2D eigenvalue weighted by atomic mass is 9.75. The molecule has 220 valence electrons. The molecule has 10 heteroatoms. The highest BCUT2D eigenvalue weighted by Crippen LogP contribution is 2.42. The molecule has 3 aliphatic rings. The second-order valence-corrected chi connectivity index (χ2v) is 13.0.